The molecular weight excluding hydrogens is 628 g/mol. The van der Waals surface area contributed by atoms with Gasteiger partial charge in [-0.15, -0.1) is 0 Å². The number of thiazole rings is 1. The minimum Gasteiger partial charge on any atom is -0.494 e. The standard InChI is InChI=1S/C35H33ClN2O7S/c1-5-42-27-15-12-23(13-16-27)31-30(34(41)44-7-3)21(4)37-35-38(31)32(39)29(46-35)19-25-18-26(36)14-17-28(25)45-20-22-8-10-24(11-9-22)33(40)43-6-2/h8-19,31H,5-7,20H2,1-4H3/b29-19-/t31-/m0/s1. The highest BCUT2D eigenvalue weighted by Gasteiger charge is 2.33. The predicted molar refractivity (Wildman–Crippen MR) is 176 cm³/mol. The van der Waals surface area contributed by atoms with Gasteiger partial charge in [-0.05, 0) is 87.4 Å². The van der Waals surface area contributed by atoms with Crippen molar-refractivity contribution in [2.45, 2.75) is 40.3 Å². The van der Waals surface area contributed by atoms with E-state index in [0.29, 0.717) is 67.0 Å². The topological polar surface area (TPSA) is 105 Å². The van der Waals surface area contributed by atoms with Gasteiger partial charge in [-0.2, -0.15) is 0 Å². The van der Waals surface area contributed by atoms with Gasteiger partial charge >= 0.3 is 11.9 Å². The maximum absolute atomic E-state index is 14.1. The van der Waals surface area contributed by atoms with Crippen molar-refractivity contribution in [2.75, 3.05) is 19.8 Å². The Morgan fingerprint density at radius 3 is 2.28 bits per heavy atom. The van der Waals surface area contributed by atoms with Gasteiger partial charge in [-0.3, -0.25) is 9.36 Å². The van der Waals surface area contributed by atoms with Crippen molar-refractivity contribution in [1.29, 1.82) is 0 Å². The molecule has 1 aromatic heterocycles. The maximum atomic E-state index is 14.1. The molecule has 5 rings (SSSR count). The molecule has 2 heterocycles. The number of esters is 2. The number of allylic oxidation sites excluding steroid dienone is 1. The summed E-state index contributed by atoms with van der Waals surface area (Å²) >= 11 is 7.58. The predicted octanol–water partition coefficient (Wildman–Crippen LogP) is 5.61. The van der Waals surface area contributed by atoms with Crippen LogP contribution in [0.4, 0.5) is 0 Å². The molecule has 0 bridgehead atoms. The summed E-state index contributed by atoms with van der Waals surface area (Å²) in [6, 6.07) is 18.7. The zero-order chi connectivity index (χ0) is 32.8. The molecule has 0 aliphatic carbocycles. The van der Waals surface area contributed by atoms with Gasteiger partial charge in [0.15, 0.2) is 4.80 Å². The molecular formula is C35H33ClN2O7S. The molecule has 1 atom stereocenters. The summed E-state index contributed by atoms with van der Waals surface area (Å²) in [5.41, 5.74) is 3.06. The number of nitrogens with zero attached hydrogens (tertiary/aromatic N) is 2. The third kappa shape index (κ3) is 7.08. The fraction of sp³-hybridized carbons (Fsp3) is 0.257. The highest BCUT2D eigenvalue weighted by molar-refractivity contribution is 7.07. The Hall–Kier alpha value is -4.67. The molecule has 4 aromatic rings. The van der Waals surface area contributed by atoms with E-state index < -0.39 is 12.0 Å². The number of hydrogen-bond donors (Lipinski definition) is 0. The molecule has 0 saturated heterocycles. The Morgan fingerprint density at radius 1 is 0.913 bits per heavy atom. The third-order valence-electron chi connectivity index (χ3n) is 7.14. The highest BCUT2D eigenvalue weighted by atomic mass is 35.5. The van der Waals surface area contributed by atoms with Gasteiger partial charge in [-0.25, -0.2) is 14.6 Å². The molecule has 1 aliphatic rings. The van der Waals surface area contributed by atoms with Gasteiger partial charge in [0.05, 0.1) is 47.2 Å². The zero-order valence-electron chi connectivity index (χ0n) is 25.9. The smallest absolute Gasteiger partial charge is 0.338 e. The second-order valence-corrected chi connectivity index (χ2v) is 11.6. The lowest BCUT2D eigenvalue weighted by atomic mass is 9.96. The zero-order valence-corrected chi connectivity index (χ0v) is 27.4. The van der Waals surface area contributed by atoms with E-state index in [1.54, 1.807) is 69.3 Å². The summed E-state index contributed by atoms with van der Waals surface area (Å²) in [6.07, 6.45) is 1.72. The van der Waals surface area contributed by atoms with Gasteiger partial charge < -0.3 is 18.9 Å². The van der Waals surface area contributed by atoms with Crippen LogP contribution in [-0.2, 0) is 20.9 Å². The number of rotatable bonds is 11. The molecule has 0 amide bonds. The highest BCUT2D eigenvalue weighted by Crippen LogP contribution is 2.32. The van der Waals surface area contributed by atoms with Crippen LogP contribution in [0.2, 0.25) is 5.02 Å². The number of benzene rings is 3. The first-order valence-corrected chi connectivity index (χ1v) is 16.0. The molecule has 1 aliphatic heterocycles. The Morgan fingerprint density at radius 2 is 1.61 bits per heavy atom. The number of carbonyl (C=O) groups is 2. The number of fused-ring (bicyclic) bond motifs is 1. The molecule has 0 fully saturated rings. The largest absolute Gasteiger partial charge is 0.494 e. The minimum absolute atomic E-state index is 0.184. The van der Waals surface area contributed by atoms with E-state index >= 15 is 0 Å². The molecule has 0 unspecified atom stereocenters. The number of halogens is 1. The van der Waals surface area contributed by atoms with Crippen LogP contribution in [0, 0.1) is 0 Å². The van der Waals surface area contributed by atoms with Crippen LogP contribution in [-0.4, -0.2) is 36.3 Å². The van der Waals surface area contributed by atoms with E-state index in [1.165, 1.54) is 15.9 Å². The average molecular weight is 661 g/mol. The van der Waals surface area contributed by atoms with E-state index in [-0.39, 0.29) is 24.7 Å². The van der Waals surface area contributed by atoms with Crippen LogP contribution in [0.15, 0.2) is 87.8 Å². The van der Waals surface area contributed by atoms with Crippen molar-refractivity contribution in [3.05, 3.63) is 125 Å². The Kier molecular flexibility index (Phi) is 10.4. The van der Waals surface area contributed by atoms with Crippen LogP contribution >= 0.6 is 22.9 Å². The van der Waals surface area contributed by atoms with E-state index in [4.69, 9.17) is 30.5 Å². The lowest BCUT2D eigenvalue weighted by molar-refractivity contribution is -0.139. The SMILES string of the molecule is CCOC(=O)C1=C(C)N=c2s/c(=C\c3cc(Cl)ccc3OCc3ccc(C(=O)OCC)cc3)c(=O)n2[C@H]1c1ccc(OCC)cc1. The lowest BCUT2D eigenvalue weighted by Crippen LogP contribution is -2.39. The summed E-state index contributed by atoms with van der Waals surface area (Å²) in [5, 5.41) is 0.470. The summed E-state index contributed by atoms with van der Waals surface area (Å²) < 4.78 is 24.1. The molecule has 238 valence electrons. The molecule has 0 spiro atoms. The molecule has 11 heteroatoms. The second-order valence-electron chi connectivity index (χ2n) is 10.2. The van der Waals surface area contributed by atoms with E-state index in [1.807, 2.05) is 31.2 Å². The summed E-state index contributed by atoms with van der Waals surface area (Å²) in [4.78, 5) is 44.4. The van der Waals surface area contributed by atoms with Gasteiger partial charge in [0.25, 0.3) is 5.56 Å². The fourth-order valence-electron chi connectivity index (χ4n) is 5.04. The molecule has 0 radical (unpaired) electrons. The molecule has 3 aromatic carbocycles. The monoisotopic (exact) mass is 660 g/mol. The molecule has 9 nitrogen and oxygen atoms in total. The van der Waals surface area contributed by atoms with Crippen molar-refractivity contribution in [1.82, 2.24) is 4.57 Å². The van der Waals surface area contributed by atoms with Crippen LogP contribution < -0.4 is 24.4 Å². The maximum Gasteiger partial charge on any atom is 0.338 e. The van der Waals surface area contributed by atoms with Crippen molar-refractivity contribution >= 4 is 41.0 Å². The average Bonchev–Trinajstić information content (AvgIpc) is 3.34. The van der Waals surface area contributed by atoms with Crippen LogP contribution in [0.25, 0.3) is 6.08 Å². The van der Waals surface area contributed by atoms with E-state index in [9.17, 15) is 14.4 Å². The summed E-state index contributed by atoms with van der Waals surface area (Å²) in [6.45, 7) is 8.35. The molecule has 0 N–H and O–H groups in total. The molecule has 46 heavy (non-hydrogen) atoms. The van der Waals surface area contributed by atoms with Crippen LogP contribution in [0.1, 0.15) is 60.8 Å². The van der Waals surface area contributed by atoms with Crippen molar-refractivity contribution in [2.24, 2.45) is 4.99 Å². The van der Waals surface area contributed by atoms with Gasteiger partial charge in [-0.1, -0.05) is 47.2 Å². The summed E-state index contributed by atoms with van der Waals surface area (Å²) in [7, 11) is 0. The van der Waals surface area contributed by atoms with Gasteiger partial charge in [0.2, 0.25) is 0 Å². The number of carbonyl (C=O) groups excluding carboxylic acids is 2. The fourth-order valence-corrected chi connectivity index (χ4v) is 6.26. The van der Waals surface area contributed by atoms with Gasteiger partial charge in [0.1, 0.15) is 18.1 Å². The Balaban J connectivity index is 1.53. The minimum atomic E-state index is -0.749. The first kappa shape index (κ1) is 32.7. The van der Waals surface area contributed by atoms with E-state index in [0.717, 1.165) is 5.56 Å². The van der Waals surface area contributed by atoms with Gasteiger partial charge in [0, 0.05) is 10.6 Å². The summed E-state index contributed by atoms with van der Waals surface area (Å²) in [5.74, 6) is 0.278. The van der Waals surface area contributed by atoms with Crippen LogP contribution in [0.5, 0.6) is 11.5 Å². The number of hydrogen-bond acceptors (Lipinski definition) is 9. The normalized spacial score (nSPS) is 14.4. The Bertz CT molecular complexity index is 1960. The van der Waals surface area contributed by atoms with Crippen molar-refractivity contribution in [3.8, 4) is 11.5 Å². The number of ether oxygens (including phenoxy) is 4. The Labute approximate surface area is 275 Å². The first-order chi connectivity index (χ1) is 22.2. The van der Waals surface area contributed by atoms with Crippen LogP contribution in [0.3, 0.4) is 0 Å². The van der Waals surface area contributed by atoms with E-state index in [2.05, 4.69) is 4.99 Å². The number of aromatic nitrogens is 1. The third-order valence-corrected chi connectivity index (χ3v) is 8.36. The first-order valence-electron chi connectivity index (χ1n) is 14.8. The second kappa shape index (κ2) is 14.6. The molecule has 0 saturated carbocycles. The quantitative estimate of drug-likeness (QED) is 0.193. The lowest BCUT2D eigenvalue weighted by Gasteiger charge is -2.24. The van der Waals surface area contributed by atoms with Crippen molar-refractivity contribution in [3.63, 3.8) is 0 Å². The van der Waals surface area contributed by atoms with Crippen molar-refractivity contribution < 1.29 is 28.5 Å².